The third-order valence-corrected chi connectivity index (χ3v) is 4.88. The van der Waals surface area contributed by atoms with Gasteiger partial charge in [0.2, 0.25) is 0 Å². The van der Waals surface area contributed by atoms with Crippen LogP contribution < -0.4 is 25.4 Å². The van der Waals surface area contributed by atoms with E-state index in [0.29, 0.717) is 42.4 Å². The molecule has 0 aromatic heterocycles. The highest BCUT2D eigenvalue weighted by molar-refractivity contribution is 6.09. The number of halogens is 1. The Balaban J connectivity index is 0.00000320. The largest absolute Gasteiger partial charge is 0.493 e. The molecule has 2 amide bonds. The highest BCUT2D eigenvalue weighted by atomic mass is 35.5. The summed E-state index contributed by atoms with van der Waals surface area (Å²) in [5.74, 6) is -0.0297. The van der Waals surface area contributed by atoms with Gasteiger partial charge in [0, 0.05) is 37.2 Å². The molecule has 1 aliphatic rings. The van der Waals surface area contributed by atoms with E-state index in [2.05, 4.69) is 16.0 Å². The highest BCUT2D eigenvalue weighted by Gasteiger charge is 2.26. The summed E-state index contributed by atoms with van der Waals surface area (Å²) < 4.78 is 10.6. The van der Waals surface area contributed by atoms with Crippen molar-refractivity contribution in [2.75, 3.05) is 39.2 Å². The number of amides is 2. The summed E-state index contributed by atoms with van der Waals surface area (Å²) in [4.78, 5) is 25.5. The summed E-state index contributed by atoms with van der Waals surface area (Å²) in [6.45, 7) is 1.45. The molecule has 1 aliphatic heterocycles. The fraction of sp³-hybridized carbons (Fsp3) is 0.333. The Bertz CT molecular complexity index is 878. The Morgan fingerprint density at radius 3 is 2.33 bits per heavy atom. The Morgan fingerprint density at radius 1 is 1.07 bits per heavy atom. The van der Waals surface area contributed by atoms with Gasteiger partial charge in [-0.1, -0.05) is 18.2 Å². The molecular formula is C21H26ClN3O5. The van der Waals surface area contributed by atoms with Crippen molar-refractivity contribution in [2.45, 2.75) is 6.10 Å². The van der Waals surface area contributed by atoms with Gasteiger partial charge in [0.15, 0.2) is 11.5 Å². The normalized spacial score (nSPS) is 17.6. The minimum Gasteiger partial charge on any atom is -0.493 e. The van der Waals surface area contributed by atoms with Crippen molar-refractivity contribution in [1.82, 2.24) is 10.6 Å². The predicted molar refractivity (Wildman–Crippen MR) is 116 cm³/mol. The Kier molecular flexibility index (Phi) is 8.46. The Hall–Kier alpha value is -2.81. The minimum atomic E-state index is -0.502. The summed E-state index contributed by atoms with van der Waals surface area (Å²) in [7, 11) is 2.96. The fourth-order valence-corrected chi connectivity index (χ4v) is 3.20. The lowest BCUT2D eigenvalue weighted by Crippen LogP contribution is -2.34. The van der Waals surface area contributed by atoms with Gasteiger partial charge in [-0.05, 0) is 18.2 Å². The molecule has 0 saturated carbocycles. The van der Waals surface area contributed by atoms with Gasteiger partial charge < -0.3 is 30.5 Å². The van der Waals surface area contributed by atoms with Crippen molar-refractivity contribution in [3.63, 3.8) is 0 Å². The molecule has 9 heteroatoms. The average Bonchev–Trinajstić information content (AvgIpc) is 3.16. The third-order valence-electron chi connectivity index (χ3n) is 4.88. The number of anilines is 1. The Labute approximate surface area is 181 Å². The maximum absolute atomic E-state index is 12.9. The van der Waals surface area contributed by atoms with E-state index in [-0.39, 0.29) is 35.7 Å². The van der Waals surface area contributed by atoms with E-state index in [0.717, 1.165) is 0 Å². The number of hydrogen-bond donors (Lipinski definition) is 4. The van der Waals surface area contributed by atoms with Crippen LogP contribution in [0.25, 0.3) is 0 Å². The lowest BCUT2D eigenvalue weighted by Gasteiger charge is -2.18. The van der Waals surface area contributed by atoms with Gasteiger partial charge in [0.25, 0.3) is 11.8 Å². The van der Waals surface area contributed by atoms with Gasteiger partial charge in [-0.3, -0.25) is 9.59 Å². The van der Waals surface area contributed by atoms with Crippen LogP contribution in [0.3, 0.4) is 0 Å². The van der Waals surface area contributed by atoms with Crippen molar-refractivity contribution in [3.8, 4) is 11.5 Å². The third kappa shape index (κ3) is 5.41. The molecule has 2 aromatic carbocycles. The maximum Gasteiger partial charge on any atom is 0.255 e. The average molecular weight is 436 g/mol. The van der Waals surface area contributed by atoms with E-state index < -0.39 is 6.10 Å². The second-order valence-corrected chi connectivity index (χ2v) is 6.77. The van der Waals surface area contributed by atoms with Crippen molar-refractivity contribution in [2.24, 2.45) is 5.92 Å². The van der Waals surface area contributed by atoms with E-state index in [1.807, 2.05) is 6.07 Å². The van der Waals surface area contributed by atoms with Crippen molar-refractivity contribution in [3.05, 3.63) is 53.6 Å². The SMILES string of the molecule is COc1cc(NC(=O)c2ccccc2)c(C(=O)NCC2CNCC2O)cc1OC.Cl. The van der Waals surface area contributed by atoms with Gasteiger partial charge in [-0.15, -0.1) is 12.4 Å². The van der Waals surface area contributed by atoms with Crippen molar-refractivity contribution >= 4 is 29.9 Å². The molecule has 30 heavy (non-hydrogen) atoms. The number of β-amino-alcohol motifs (C(OH)–C–C–N with tert-alkyl or cyclic N) is 1. The van der Waals surface area contributed by atoms with Gasteiger partial charge in [0.1, 0.15) is 0 Å². The monoisotopic (exact) mass is 435 g/mol. The van der Waals surface area contributed by atoms with E-state index in [4.69, 9.17) is 9.47 Å². The molecule has 1 heterocycles. The van der Waals surface area contributed by atoms with Crippen LogP contribution in [0, 0.1) is 5.92 Å². The molecule has 1 saturated heterocycles. The van der Waals surface area contributed by atoms with Crippen LogP contribution >= 0.6 is 12.4 Å². The number of ether oxygens (including phenoxy) is 2. The van der Waals surface area contributed by atoms with Crippen LogP contribution in [-0.4, -0.2) is 56.9 Å². The first-order valence-corrected chi connectivity index (χ1v) is 9.33. The van der Waals surface area contributed by atoms with Crippen LogP contribution in [0.1, 0.15) is 20.7 Å². The second-order valence-electron chi connectivity index (χ2n) is 6.77. The van der Waals surface area contributed by atoms with Crippen molar-refractivity contribution in [1.29, 1.82) is 0 Å². The molecule has 0 bridgehead atoms. The van der Waals surface area contributed by atoms with E-state index in [1.54, 1.807) is 30.3 Å². The highest BCUT2D eigenvalue weighted by Crippen LogP contribution is 2.33. The number of benzene rings is 2. The standard InChI is InChI=1S/C21H25N3O5.ClH/c1-28-18-8-15(21(27)23-11-14-10-22-12-17(14)25)16(9-19(18)29-2)24-20(26)13-6-4-3-5-7-13;/h3-9,14,17,22,25H,10-12H2,1-2H3,(H,23,27)(H,24,26);1H. The van der Waals surface area contributed by atoms with Gasteiger partial charge in [-0.25, -0.2) is 0 Å². The summed E-state index contributed by atoms with van der Waals surface area (Å²) in [6.07, 6.45) is -0.502. The van der Waals surface area contributed by atoms with Gasteiger partial charge in [0.05, 0.1) is 31.6 Å². The first kappa shape index (κ1) is 23.5. The van der Waals surface area contributed by atoms with Crippen LogP contribution in [0.4, 0.5) is 5.69 Å². The zero-order chi connectivity index (χ0) is 20.8. The smallest absolute Gasteiger partial charge is 0.255 e. The number of aliphatic hydroxyl groups is 1. The first-order chi connectivity index (χ1) is 14.0. The molecule has 0 radical (unpaired) electrons. The summed E-state index contributed by atoms with van der Waals surface area (Å²) in [5.41, 5.74) is 1.01. The summed E-state index contributed by atoms with van der Waals surface area (Å²) in [5, 5.41) is 18.6. The quantitative estimate of drug-likeness (QED) is 0.527. The number of rotatable bonds is 7. The van der Waals surface area contributed by atoms with E-state index >= 15 is 0 Å². The molecule has 0 spiro atoms. The molecule has 2 unspecified atom stereocenters. The second kappa shape index (κ2) is 10.8. The number of hydrogen-bond acceptors (Lipinski definition) is 6. The van der Waals surface area contributed by atoms with Crippen LogP contribution in [0.5, 0.6) is 11.5 Å². The summed E-state index contributed by atoms with van der Waals surface area (Å²) in [6, 6.07) is 11.8. The zero-order valence-electron chi connectivity index (χ0n) is 16.8. The van der Waals surface area contributed by atoms with Crippen molar-refractivity contribution < 1.29 is 24.2 Å². The number of nitrogens with one attached hydrogen (secondary N) is 3. The number of aliphatic hydroxyl groups excluding tert-OH is 1. The van der Waals surface area contributed by atoms with Crippen LogP contribution in [0.15, 0.2) is 42.5 Å². The molecule has 2 atom stereocenters. The van der Waals surface area contributed by atoms with E-state index in [1.165, 1.54) is 20.3 Å². The Morgan fingerprint density at radius 2 is 1.73 bits per heavy atom. The van der Waals surface area contributed by atoms with Crippen LogP contribution in [0.2, 0.25) is 0 Å². The topological polar surface area (TPSA) is 109 Å². The maximum atomic E-state index is 12.9. The molecule has 1 fully saturated rings. The zero-order valence-corrected chi connectivity index (χ0v) is 17.6. The minimum absolute atomic E-state index is 0. The molecular weight excluding hydrogens is 410 g/mol. The number of carbonyl (C=O) groups is 2. The van der Waals surface area contributed by atoms with E-state index in [9.17, 15) is 14.7 Å². The first-order valence-electron chi connectivity index (χ1n) is 9.33. The number of methoxy groups -OCH3 is 2. The molecule has 8 nitrogen and oxygen atoms in total. The molecule has 2 aromatic rings. The number of carbonyl (C=O) groups excluding carboxylic acids is 2. The lowest BCUT2D eigenvalue weighted by molar-refractivity contribution is 0.0927. The van der Waals surface area contributed by atoms with Gasteiger partial charge >= 0.3 is 0 Å². The molecule has 0 aliphatic carbocycles. The summed E-state index contributed by atoms with van der Waals surface area (Å²) >= 11 is 0. The molecule has 4 N–H and O–H groups in total. The fourth-order valence-electron chi connectivity index (χ4n) is 3.20. The molecule has 3 rings (SSSR count). The predicted octanol–water partition coefficient (Wildman–Crippen LogP) is 1.69. The van der Waals surface area contributed by atoms with Gasteiger partial charge in [-0.2, -0.15) is 0 Å². The molecule has 162 valence electrons. The lowest BCUT2D eigenvalue weighted by atomic mass is 10.1. The van der Waals surface area contributed by atoms with Crippen LogP contribution in [-0.2, 0) is 0 Å².